The molecule has 2 fully saturated rings. The lowest BCUT2D eigenvalue weighted by Crippen LogP contribution is -2.57. The summed E-state index contributed by atoms with van der Waals surface area (Å²) in [5, 5.41) is 0. The molecule has 0 saturated carbocycles. The van der Waals surface area contributed by atoms with Crippen LogP contribution in [0.25, 0.3) is 0 Å². The molecule has 2 rings (SSSR count). The summed E-state index contributed by atoms with van der Waals surface area (Å²) in [4.78, 5) is 5.15. The van der Waals surface area contributed by atoms with E-state index in [1.807, 2.05) is 0 Å². The van der Waals surface area contributed by atoms with Crippen LogP contribution in [0.4, 0.5) is 0 Å². The van der Waals surface area contributed by atoms with E-state index in [-0.39, 0.29) is 5.60 Å². The Labute approximate surface area is 118 Å². The van der Waals surface area contributed by atoms with Crippen LogP contribution < -0.4 is 5.73 Å². The van der Waals surface area contributed by atoms with Gasteiger partial charge in [-0.2, -0.15) is 0 Å². The lowest BCUT2D eigenvalue weighted by Gasteiger charge is -2.47. The van der Waals surface area contributed by atoms with Gasteiger partial charge < -0.3 is 15.4 Å². The van der Waals surface area contributed by atoms with Crippen LogP contribution in [0, 0.1) is 5.92 Å². The lowest BCUT2D eigenvalue weighted by molar-refractivity contribution is -0.136. The SMILES string of the molecule is CC(C)CN1CCC2(CC1)CN(CCCN)CCO2. The number of hydrogen-bond acceptors (Lipinski definition) is 4. The van der Waals surface area contributed by atoms with Gasteiger partial charge in [0.05, 0.1) is 12.2 Å². The first-order chi connectivity index (χ1) is 9.13. The number of rotatable bonds is 5. The number of ether oxygens (including phenoxy) is 1. The van der Waals surface area contributed by atoms with Crippen LogP contribution >= 0.6 is 0 Å². The smallest absolute Gasteiger partial charge is 0.0833 e. The van der Waals surface area contributed by atoms with Crippen molar-refractivity contribution in [3.63, 3.8) is 0 Å². The number of likely N-dealkylation sites (tertiary alicyclic amines) is 1. The second kappa shape index (κ2) is 7.02. The Bertz CT molecular complexity index is 262. The zero-order valence-electron chi connectivity index (χ0n) is 12.7. The van der Waals surface area contributed by atoms with Crippen molar-refractivity contribution in [1.29, 1.82) is 0 Å². The number of nitrogens with two attached hydrogens (primary N) is 1. The van der Waals surface area contributed by atoms with Gasteiger partial charge in [-0.15, -0.1) is 0 Å². The van der Waals surface area contributed by atoms with E-state index >= 15 is 0 Å². The fourth-order valence-electron chi connectivity index (χ4n) is 3.39. The molecule has 4 nitrogen and oxygen atoms in total. The van der Waals surface area contributed by atoms with E-state index in [2.05, 4.69) is 23.6 Å². The van der Waals surface area contributed by atoms with E-state index in [0.717, 1.165) is 45.1 Å². The van der Waals surface area contributed by atoms with E-state index in [1.54, 1.807) is 0 Å². The highest BCUT2D eigenvalue weighted by Gasteiger charge is 2.39. The van der Waals surface area contributed by atoms with Crippen molar-refractivity contribution in [1.82, 2.24) is 9.80 Å². The number of nitrogens with zero attached hydrogens (tertiary/aromatic N) is 2. The first-order valence-corrected chi connectivity index (χ1v) is 7.92. The number of hydrogen-bond donors (Lipinski definition) is 1. The Hall–Kier alpha value is -0.160. The summed E-state index contributed by atoms with van der Waals surface area (Å²) < 4.78 is 6.17. The minimum absolute atomic E-state index is 0.139. The van der Waals surface area contributed by atoms with Crippen LogP contribution in [0.1, 0.15) is 33.1 Å². The Balaban J connectivity index is 1.80. The summed E-state index contributed by atoms with van der Waals surface area (Å²) in [7, 11) is 0. The minimum atomic E-state index is 0.139. The Morgan fingerprint density at radius 2 is 1.89 bits per heavy atom. The van der Waals surface area contributed by atoms with Gasteiger partial charge in [-0.25, -0.2) is 0 Å². The normalized spacial score (nSPS) is 25.3. The molecule has 0 aromatic heterocycles. The molecule has 0 amide bonds. The molecule has 0 bridgehead atoms. The van der Waals surface area contributed by atoms with Crippen molar-refractivity contribution in [2.45, 2.75) is 38.7 Å². The maximum absolute atomic E-state index is 6.17. The van der Waals surface area contributed by atoms with Crippen molar-refractivity contribution >= 4 is 0 Å². The average Bonchev–Trinajstić information content (AvgIpc) is 2.39. The number of morpholine rings is 1. The second-order valence-electron chi connectivity index (χ2n) is 6.64. The van der Waals surface area contributed by atoms with E-state index in [0.29, 0.717) is 0 Å². The van der Waals surface area contributed by atoms with Gasteiger partial charge in [-0.1, -0.05) is 13.8 Å². The van der Waals surface area contributed by atoms with Gasteiger partial charge in [-0.3, -0.25) is 4.90 Å². The minimum Gasteiger partial charge on any atom is -0.372 e. The van der Waals surface area contributed by atoms with Crippen LogP contribution in [0.3, 0.4) is 0 Å². The van der Waals surface area contributed by atoms with E-state index in [4.69, 9.17) is 10.5 Å². The van der Waals surface area contributed by atoms with E-state index in [9.17, 15) is 0 Å². The fraction of sp³-hybridized carbons (Fsp3) is 1.00. The summed E-state index contributed by atoms with van der Waals surface area (Å²) in [5.74, 6) is 0.766. The van der Waals surface area contributed by atoms with E-state index < -0.39 is 0 Å². The Morgan fingerprint density at radius 3 is 2.53 bits per heavy atom. The maximum atomic E-state index is 6.17. The third-order valence-electron chi connectivity index (χ3n) is 4.40. The standard InChI is InChI=1S/C15H31N3O/c1-14(2)12-17-8-4-15(5-9-17)13-18(7-3-6-16)10-11-19-15/h14H,3-13,16H2,1-2H3. The van der Waals surface area contributed by atoms with Gasteiger partial charge in [0, 0.05) is 32.7 Å². The zero-order chi connectivity index (χ0) is 13.7. The molecule has 2 aliphatic rings. The summed E-state index contributed by atoms with van der Waals surface area (Å²) >= 11 is 0. The van der Waals surface area contributed by atoms with Crippen molar-refractivity contribution in [3.05, 3.63) is 0 Å². The summed E-state index contributed by atoms with van der Waals surface area (Å²) in [6.07, 6.45) is 3.49. The molecule has 2 aliphatic heterocycles. The molecular weight excluding hydrogens is 238 g/mol. The molecule has 0 radical (unpaired) electrons. The van der Waals surface area contributed by atoms with Gasteiger partial charge in [0.15, 0.2) is 0 Å². The monoisotopic (exact) mass is 269 g/mol. The predicted molar refractivity (Wildman–Crippen MR) is 79.3 cm³/mol. The maximum Gasteiger partial charge on any atom is 0.0833 e. The first-order valence-electron chi connectivity index (χ1n) is 7.92. The van der Waals surface area contributed by atoms with Crippen molar-refractivity contribution in [2.75, 3.05) is 52.4 Å². The highest BCUT2D eigenvalue weighted by molar-refractivity contribution is 4.93. The van der Waals surface area contributed by atoms with Gasteiger partial charge >= 0.3 is 0 Å². The number of piperidine rings is 1. The highest BCUT2D eigenvalue weighted by Crippen LogP contribution is 2.30. The summed E-state index contributed by atoms with van der Waals surface area (Å²) in [6.45, 7) is 13.3. The van der Waals surface area contributed by atoms with Crippen LogP contribution in [-0.4, -0.2) is 67.8 Å². The molecule has 19 heavy (non-hydrogen) atoms. The van der Waals surface area contributed by atoms with Crippen LogP contribution in [0.15, 0.2) is 0 Å². The van der Waals surface area contributed by atoms with Crippen LogP contribution in [0.2, 0.25) is 0 Å². The zero-order valence-corrected chi connectivity index (χ0v) is 12.7. The lowest BCUT2D eigenvalue weighted by atomic mass is 9.89. The molecule has 112 valence electrons. The van der Waals surface area contributed by atoms with Gasteiger partial charge in [0.2, 0.25) is 0 Å². The molecule has 2 heterocycles. The summed E-state index contributed by atoms with van der Waals surface area (Å²) in [5.41, 5.74) is 5.75. The molecule has 0 aliphatic carbocycles. The largest absolute Gasteiger partial charge is 0.372 e. The van der Waals surface area contributed by atoms with Crippen molar-refractivity contribution in [2.24, 2.45) is 11.7 Å². The van der Waals surface area contributed by atoms with Crippen molar-refractivity contribution in [3.8, 4) is 0 Å². The Morgan fingerprint density at radius 1 is 1.16 bits per heavy atom. The van der Waals surface area contributed by atoms with Crippen molar-refractivity contribution < 1.29 is 4.74 Å². The third-order valence-corrected chi connectivity index (χ3v) is 4.40. The molecular formula is C15H31N3O. The van der Waals surface area contributed by atoms with Crippen LogP contribution in [0.5, 0.6) is 0 Å². The summed E-state index contributed by atoms with van der Waals surface area (Å²) in [6, 6.07) is 0. The van der Waals surface area contributed by atoms with Gasteiger partial charge in [0.1, 0.15) is 0 Å². The molecule has 0 unspecified atom stereocenters. The Kier molecular flexibility index (Phi) is 5.63. The molecule has 1 spiro atoms. The highest BCUT2D eigenvalue weighted by atomic mass is 16.5. The molecule has 0 aromatic carbocycles. The second-order valence-corrected chi connectivity index (χ2v) is 6.64. The molecule has 0 atom stereocenters. The molecule has 2 N–H and O–H groups in total. The molecule has 2 saturated heterocycles. The average molecular weight is 269 g/mol. The van der Waals surface area contributed by atoms with Gasteiger partial charge in [-0.05, 0) is 38.3 Å². The topological polar surface area (TPSA) is 41.7 Å². The first kappa shape index (κ1) is 15.2. The third kappa shape index (κ3) is 4.42. The quantitative estimate of drug-likeness (QED) is 0.813. The molecule has 4 heteroatoms. The fourth-order valence-corrected chi connectivity index (χ4v) is 3.39. The van der Waals surface area contributed by atoms with E-state index in [1.165, 1.54) is 32.5 Å². The molecule has 0 aromatic rings. The van der Waals surface area contributed by atoms with Crippen LogP contribution in [-0.2, 0) is 4.74 Å². The predicted octanol–water partition coefficient (Wildman–Crippen LogP) is 1.16. The van der Waals surface area contributed by atoms with Gasteiger partial charge in [0.25, 0.3) is 0 Å².